The summed E-state index contributed by atoms with van der Waals surface area (Å²) < 4.78 is 10.6. The average molecular weight is 282 g/mol. The largest absolute Gasteiger partial charge is 0.465 e. The molecule has 0 aliphatic heterocycles. The Morgan fingerprint density at radius 2 is 1.85 bits per heavy atom. The molecule has 0 amide bonds. The predicted octanol–water partition coefficient (Wildman–Crippen LogP) is 3.54. The second kappa shape index (κ2) is 8.08. The topological polar surface area (TPSA) is 52.6 Å². The Morgan fingerprint density at radius 1 is 1.20 bits per heavy atom. The fraction of sp³-hybridized carbons (Fsp3) is 0.750. The van der Waals surface area contributed by atoms with Crippen LogP contribution >= 0.6 is 0 Å². The van der Waals surface area contributed by atoms with Gasteiger partial charge in [0.05, 0.1) is 13.0 Å². The van der Waals surface area contributed by atoms with Gasteiger partial charge in [0.15, 0.2) is 0 Å². The van der Waals surface area contributed by atoms with Gasteiger partial charge in [0.2, 0.25) is 0 Å². The van der Waals surface area contributed by atoms with Gasteiger partial charge in [0.1, 0.15) is 5.60 Å². The van der Waals surface area contributed by atoms with Gasteiger partial charge in [-0.3, -0.25) is 4.79 Å². The van der Waals surface area contributed by atoms with Gasteiger partial charge in [-0.05, 0) is 38.5 Å². The summed E-state index contributed by atoms with van der Waals surface area (Å²) in [5.41, 5.74) is -0.155. The summed E-state index contributed by atoms with van der Waals surface area (Å²) in [4.78, 5) is 23.5. The summed E-state index contributed by atoms with van der Waals surface area (Å²) in [5.74, 6) is -0.862. The van der Waals surface area contributed by atoms with E-state index in [1.807, 2.05) is 13.8 Å². The summed E-state index contributed by atoms with van der Waals surface area (Å²) >= 11 is 0. The molecule has 1 saturated carbocycles. The number of carbonyl (C=O) groups excluding carboxylic acids is 2. The van der Waals surface area contributed by atoms with Gasteiger partial charge >= 0.3 is 11.9 Å². The zero-order valence-electron chi connectivity index (χ0n) is 12.7. The Balaban J connectivity index is 2.39. The summed E-state index contributed by atoms with van der Waals surface area (Å²) in [6.45, 7) is 8.11. The first kappa shape index (κ1) is 16.7. The molecule has 20 heavy (non-hydrogen) atoms. The van der Waals surface area contributed by atoms with Crippen LogP contribution in [0.5, 0.6) is 0 Å². The minimum Gasteiger partial charge on any atom is -0.465 e. The summed E-state index contributed by atoms with van der Waals surface area (Å²) in [7, 11) is 0. The maximum Gasteiger partial charge on any atom is 0.334 e. The Bertz CT molecular complexity index is 353. The van der Waals surface area contributed by atoms with Crippen molar-refractivity contribution in [3.8, 4) is 0 Å². The van der Waals surface area contributed by atoms with Gasteiger partial charge < -0.3 is 9.47 Å². The van der Waals surface area contributed by atoms with Crippen LogP contribution in [0.1, 0.15) is 65.2 Å². The Labute approximate surface area is 121 Å². The Hall–Kier alpha value is -1.32. The molecular formula is C16H26O4. The van der Waals surface area contributed by atoms with Crippen molar-refractivity contribution in [2.24, 2.45) is 0 Å². The van der Waals surface area contributed by atoms with Crippen molar-refractivity contribution >= 4 is 11.9 Å². The zero-order valence-corrected chi connectivity index (χ0v) is 12.7. The number of hydrogen-bond acceptors (Lipinski definition) is 4. The van der Waals surface area contributed by atoms with Crippen LogP contribution in [-0.4, -0.2) is 24.1 Å². The van der Waals surface area contributed by atoms with Crippen molar-refractivity contribution in [2.75, 3.05) is 6.61 Å². The molecule has 0 aromatic rings. The smallest absolute Gasteiger partial charge is 0.334 e. The van der Waals surface area contributed by atoms with E-state index in [-0.39, 0.29) is 17.6 Å². The SMILES string of the molecule is C=C(CC(=O)OCCCC)C(=O)OC1(CC)CCCC1. The lowest BCUT2D eigenvalue weighted by Gasteiger charge is -2.27. The third kappa shape index (κ3) is 4.99. The highest BCUT2D eigenvalue weighted by atomic mass is 16.6. The normalized spacial score (nSPS) is 16.7. The van der Waals surface area contributed by atoms with Crippen molar-refractivity contribution in [3.63, 3.8) is 0 Å². The summed E-state index contributed by atoms with van der Waals surface area (Å²) in [5, 5.41) is 0. The van der Waals surface area contributed by atoms with Crippen molar-refractivity contribution < 1.29 is 19.1 Å². The zero-order chi connectivity index (χ0) is 15.0. The van der Waals surface area contributed by atoms with Crippen molar-refractivity contribution in [3.05, 3.63) is 12.2 Å². The molecule has 0 heterocycles. The lowest BCUT2D eigenvalue weighted by molar-refractivity contribution is -0.156. The molecule has 0 spiro atoms. The van der Waals surface area contributed by atoms with E-state index in [2.05, 4.69) is 6.58 Å². The monoisotopic (exact) mass is 282 g/mol. The van der Waals surface area contributed by atoms with Crippen molar-refractivity contribution in [2.45, 2.75) is 70.8 Å². The molecular weight excluding hydrogens is 256 g/mol. The maximum absolute atomic E-state index is 12.0. The van der Waals surface area contributed by atoms with E-state index < -0.39 is 11.9 Å². The van der Waals surface area contributed by atoms with Gasteiger partial charge in [0, 0.05) is 5.57 Å². The van der Waals surface area contributed by atoms with Crippen LogP contribution in [0.2, 0.25) is 0 Å². The minimum atomic E-state index is -0.457. The van der Waals surface area contributed by atoms with Crippen LogP contribution in [-0.2, 0) is 19.1 Å². The third-order valence-corrected chi connectivity index (χ3v) is 3.88. The third-order valence-electron chi connectivity index (χ3n) is 3.88. The molecule has 0 aromatic heterocycles. The van der Waals surface area contributed by atoms with E-state index in [0.29, 0.717) is 6.61 Å². The molecule has 114 valence electrons. The Morgan fingerprint density at radius 3 is 2.40 bits per heavy atom. The number of carbonyl (C=O) groups is 2. The number of esters is 2. The highest BCUT2D eigenvalue weighted by Gasteiger charge is 2.36. The van der Waals surface area contributed by atoms with Gasteiger partial charge in [0.25, 0.3) is 0 Å². The number of hydrogen-bond donors (Lipinski definition) is 0. The fourth-order valence-electron chi connectivity index (χ4n) is 2.44. The first-order valence-electron chi connectivity index (χ1n) is 7.59. The van der Waals surface area contributed by atoms with E-state index in [1.165, 1.54) is 0 Å². The minimum absolute atomic E-state index is 0.0810. The van der Waals surface area contributed by atoms with Crippen LogP contribution in [0.3, 0.4) is 0 Å². The van der Waals surface area contributed by atoms with Crippen molar-refractivity contribution in [1.29, 1.82) is 0 Å². The average Bonchev–Trinajstić information content (AvgIpc) is 2.88. The molecule has 0 N–H and O–H groups in total. The lowest BCUT2D eigenvalue weighted by atomic mass is 9.98. The molecule has 1 rings (SSSR count). The maximum atomic E-state index is 12.0. The first-order chi connectivity index (χ1) is 9.53. The quantitative estimate of drug-likeness (QED) is 0.388. The molecule has 1 fully saturated rings. The van der Waals surface area contributed by atoms with Gasteiger partial charge in [-0.2, -0.15) is 0 Å². The molecule has 4 heteroatoms. The van der Waals surface area contributed by atoms with E-state index in [9.17, 15) is 9.59 Å². The number of ether oxygens (including phenoxy) is 2. The molecule has 4 nitrogen and oxygen atoms in total. The highest BCUT2D eigenvalue weighted by Crippen LogP contribution is 2.36. The van der Waals surface area contributed by atoms with Crippen LogP contribution in [0.4, 0.5) is 0 Å². The van der Waals surface area contributed by atoms with Crippen LogP contribution < -0.4 is 0 Å². The van der Waals surface area contributed by atoms with E-state index in [0.717, 1.165) is 44.9 Å². The summed E-state index contributed by atoms with van der Waals surface area (Å²) in [6, 6.07) is 0. The predicted molar refractivity (Wildman–Crippen MR) is 77.2 cm³/mol. The van der Waals surface area contributed by atoms with Crippen LogP contribution in [0.15, 0.2) is 12.2 Å². The lowest BCUT2D eigenvalue weighted by Crippen LogP contribution is -2.32. The second-order valence-corrected chi connectivity index (χ2v) is 5.49. The molecule has 0 saturated heterocycles. The second-order valence-electron chi connectivity index (χ2n) is 5.49. The molecule has 0 radical (unpaired) electrons. The standard InChI is InChI=1S/C16H26O4/c1-4-6-11-19-14(17)12-13(3)15(18)20-16(5-2)9-7-8-10-16/h3-12H2,1-2H3. The van der Waals surface area contributed by atoms with E-state index in [4.69, 9.17) is 9.47 Å². The molecule has 0 bridgehead atoms. The molecule has 1 aliphatic rings. The van der Waals surface area contributed by atoms with Crippen LogP contribution in [0, 0.1) is 0 Å². The molecule has 0 atom stereocenters. The fourth-order valence-corrected chi connectivity index (χ4v) is 2.44. The van der Waals surface area contributed by atoms with Crippen molar-refractivity contribution in [1.82, 2.24) is 0 Å². The van der Waals surface area contributed by atoms with Gasteiger partial charge in [-0.25, -0.2) is 4.79 Å². The molecule has 0 unspecified atom stereocenters. The van der Waals surface area contributed by atoms with Gasteiger partial charge in [-0.1, -0.05) is 26.8 Å². The van der Waals surface area contributed by atoms with Crippen LogP contribution in [0.25, 0.3) is 0 Å². The van der Waals surface area contributed by atoms with E-state index >= 15 is 0 Å². The highest BCUT2D eigenvalue weighted by molar-refractivity contribution is 5.93. The Kier molecular flexibility index (Phi) is 6.76. The first-order valence-corrected chi connectivity index (χ1v) is 7.59. The molecule has 0 aromatic carbocycles. The number of unbranched alkanes of at least 4 members (excludes halogenated alkanes) is 1. The summed E-state index contributed by atoms with van der Waals surface area (Å²) in [6.07, 6.45) is 6.53. The van der Waals surface area contributed by atoms with E-state index in [1.54, 1.807) is 0 Å². The number of rotatable bonds is 8. The van der Waals surface area contributed by atoms with Gasteiger partial charge in [-0.15, -0.1) is 0 Å². The molecule has 1 aliphatic carbocycles.